The second-order valence-corrected chi connectivity index (χ2v) is 6.67. The van der Waals surface area contributed by atoms with Gasteiger partial charge in [-0.05, 0) is 39.3 Å². The van der Waals surface area contributed by atoms with Gasteiger partial charge in [0.05, 0.1) is 10.7 Å². The summed E-state index contributed by atoms with van der Waals surface area (Å²) >= 11 is 6.25. The Labute approximate surface area is 131 Å². The van der Waals surface area contributed by atoms with Crippen molar-refractivity contribution >= 4 is 23.4 Å². The molecule has 1 amide bonds. The highest BCUT2D eigenvalue weighted by Crippen LogP contribution is 2.26. The summed E-state index contributed by atoms with van der Waals surface area (Å²) in [6.07, 6.45) is 0.674. The van der Waals surface area contributed by atoms with Crippen molar-refractivity contribution in [2.24, 2.45) is 0 Å². The van der Waals surface area contributed by atoms with Gasteiger partial charge in [-0.1, -0.05) is 23.7 Å². The minimum atomic E-state index is -0.453. The van der Waals surface area contributed by atoms with Crippen LogP contribution in [0.15, 0.2) is 24.3 Å². The average molecular weight is 311 g/mol. The third-order valence-corrected chi connectivity index (χ3v) is 3.66. The Bertz CT molecular complexity index is 499. The monoisotopic (exact) mass is 310 g/mol. The number of ether oxygens (including phenoxy) is 1. The molecule has 0 N–H and O–H groups in total. The van der Waals surface area contributed by atoms with Gasteiger partial charge >= 0.3 is 6.09 Å². The first-order valence-electron chi connectivity index (χ1n) is 7.34. The predicted molar refractivity (Wildman–Crippen MR) is 86.1 cm³/mol. The van der Waals surface area contributed by atoms with Gasteiger partial charge in [-0.25, -0.2) is 4.79 Å². The second kappa shape index (κ2) is 6.56. The van der Waals surface area contributed by atoms with E-state index in [9.17, 15) is 4.79 Å². The Morgan fingerprint density at radius 1 is 1.14 bits per heavy atom. The van der Waals surface area contributed by atoms with E-state index in [1.54, 1.807) is 4.90 Å². The first-order valence-corrected chi connectivity index (χ1v) is 7.72. The zero-order valence-corrected chi connectivity index (χ0v) is 13.7. The van der Waals surface area contributed by atoms with Crippen LogP contribution in [0.1, 0.15) is 27.2 Å². The van der Waals surface area contributed by atoms with Gasteiger partial charge in [0.25, 0.3) is 0 Å². The smallest absolute Gasteiger partial charge is 0.410 e. The van der Waals surface area contributed by atoms with E-state index in [1.165, 1.54) is 0 Å². The molecule has 0 unspecified atom stereocenters. The van der Waals surface area contributed by atoms with Gasteiger partial charge in [0.1, 0.15) is 5.60 Å². The molecule has 2 rings (SSSR count). The summed E-state index contributed by atoms with van der Waals surface area (Å²) in [6, 6.07) is 7.83. The molecule has 1 saturated heterocycles. The number of anilines is 1. The van der Waals surface area contributed by atoms with Crippen LogP contribution in [0.25, 0.3) is 0 Å². The van der Waals surface area contributed by atoms with Crippen LogP contribution in [0.4, 0.5) is 10.5 Å². The van der Waals surface area contributed by atoms with E-state index in [0.29, 0.717) is 6.54 Å². The molecule has 0 saturated carbocycles. The highest BCUT2D eigenvalue weighted by Gasteiger charge is 2.24. The van der Waals surface area contributed by atoms with E-state index in [2.05, 4.69) is 4.90 Å². The lowest BCUT2D eigenvalue weighted by Gasteiger charge is -2.27. The molecular formula is C16H23ClN2O2. The number of benzene rings is 1. The number of carbonyl (C=O) groups excluding carboxylic acids is 1. The number of nitrogens with zero attached hydrogens (tertiary/aromatic N) is 2. The zero-order valence-electron chi connectivity index (χ0n) is 12.9. The van der Waals surface area contributed by atoms with Crippen LogP contribution in [-0.2, 0) is 4.74 Å². The van der Waals surface area contributed by atoms with Crippen molar-refractivity contribution in [3.8, 4) is 0 Å². The molecule has 21 heavy (non-hydrogen) atoms. The zero-order chi connectivity index (χ0) is 15.5. The van der Waals surface area contributed by atoms with Crippen LogP contribution in [0.2, 0.25) is 5.02 Å². The lowest BCUT2D eigenvalue weighted by molar-refractivity contribution is 0.0263. The summed E-state index contributed by atoms with van der Waals surface area (Å²) in [5.41, 5.74) is 0.580. The molecule has 0 radical (unpaired) electrons. The van der Waals surface area contributed by atoms with E-state index in [1.807, 2.05) is 45.0 Å². The number of amides is 1. The largest absolute Gasteiger partial charge is 0.444 e. The van der Waals surface area contributed by atoms with Gasteiger partial charge in [-0.2, -0.15) is 0 Å². The second-order valence-electron chi connectivity index (χ2n) is 6.26. The highest BCUT2D eigenvalue weighted by atomic mass is 35.5. The van der Waals surface area contributed by atoms with Gasteiger partial charge in [0.15, 0.2) is 0 Å². The summed E-state index contributed by atoms with van der Waals surface area (Å²) < 4.78 is 5.44. The minimum Gasteiger partial charge on any atom is -0.444 e. The fourth-order valence-electron chi connectivity index (χ4n) is 2.38. The molecule has 1 aliphatic rings. The molecule has 0 bridgehead atoms. The Morgan fingerprint density at radius 3 is 2.52 bits per heavy atom. The van der Waals surface area contributed by atoms with Crippen molar-refractivity contribution in [3.05, 3.63) is 29.3 Å². The van der Waals surface area contributed by atoms with Gasteiger partial charge in [-0.15, -0.1) is 0 Å². The highest BCUT2D eigenvalue weighted by molar-refractivity contribution is 6.33. The molecule has 1 aliphatic heterocycles. The number of halogens is 1. The Kier molecular flexibility index (Phi) is 4.99. The van der Waals surface area contributed by atoms with Crippen LogP contribution in [0.5, 0.6) is 0 Å². The van der Waals surface area contributed by atoms with Crippen molar-refractivity contribution < 1.29 is 9.53 Å². The summed E-state index contributed by atoms with van der Waals surface area (Å²) in [5, 5.41) is 0.753. The number of rotatable bonds is 1. The number of carbonyl (C=O) groups is 1. The van der Waals surface area contributed by atoms with Crippen LogP contribution in [0.3, 0.4) is 0 Å². The molecule has 4 nitrogen and oxygen atoms in total. The standard InChI is InChI=1S/C16H23ClN2O2/c1-16(2,3)21-15(20)19-10-6-9-18(11-12-19)14-8-5-4-7-13(14)17/h4-5,7-8H,6,9-12H2,1-3H3. The quantitative estimate of drug-likeness (QED) is 0.791. The van der Waals surface area contributed by atoms with Gasteiger partial charge in [0.2, 0.25) is 0 Å². The van der Waals surface area contributed by atoms with E-state index >= 15 is 0 Å². The maximum atomic E-state index is 12.1. The summed E-state index contributed by atoms with van der Waals surface area (Å²) in [5.74, 6) is 0. The fraction of sp³-hybridized carbons (Fsp3) is 0.562. The topological polar surface area (TPSA) is 32.8 Å². The van der Waals surface area contributed by atoms with Crippen molar-refractivity contribution in [3.63, 3.8) is 0 Å². The van der Waals surface area contributed by atoms with E-state index < -0.39 is 5.60 Å². The normalized spacial score (nSPS) is 16.6. The van der Waals surface area contributed by atoms with Crippen LogP contribution in [0, 0.1) is 0 Å². The molecule has 5 heteroatoms. The van der Waals surface area contributed by atoms with E-state index in [0.717, 1.165) is 36.8 Å². The number of hydrogen-bond donors (Lipinski definition) is 0. The maximum absolute atomic E-state index is 12.1. The molecule has 1 fully saturated rings. The molecule has 1 aromatic rings. The Balaban J connectivity index is 1.99. The Morgan fingerprint density at radius 2 is 1.86 bits per heavy atom. The van der Waals surface area contributed by atoms with E-state index in [4.69, 9.17) is 16.3 Å². The SMILES string of the molecule is CC(C)(C)OC(=O)N1CCCN(c2ccccc2Cl)CC1. The number of hydrogen-bond acceptors (Lipinski definition) is 3. The molecule has 0 aliphatic carbocycles. The van der Waals surface area contributed by atoms with Gasteiger partial charge < -0.3 is 14.5 Å². The average Bonchev–Trinajstić information content (AvgIpc) is 2.63. The first kappa shape index (κ1) is 16.0. The Hall–Kier alpha value is -1.42. The van der Waals surface area contributed by atoms with Crippen molar-refractivity contribution in [2.75, 3.05) is 31.1 Å². The molecule has 0 spiro atoms. The van der Waals surface area contributed by atoms with Crippen molar-refractivity contribution in [2.45, 2.75) is 32.8 Å². The minimum absolute atomic E-state index is 0.233. The molecular weight excluding hydrogens is 288 g/mol. The molecule has 1 aromatic carbocycles. The third kappa shape index (κ3) is 4.53. The first-order chi connectivity index (χ1) is 9.87. The summed E-state index contributed by atoms with van der Waals surface area (Å²) in [4.78, 5) is 16.1. The molecule has 1 heterocycles. The maximum Gasteiger partial charge on any atom is 0.410 e. The van der Waals surface area contributed by atoms with Gasteiger partial charge in [-0.3, -0.25) is 0 Å². The van der Waals surface area contributed by atoms with E-state index in [-0.39, 0.29) is 6.09 Å². The van der Waals surface area contributed by atoms with Crippen molar-refractivity contribution in [1.82, 2.24) is 4.90 Å². The predicted octanol–water partition coefficient (Wildman–Crippen LogP) is 3.79. The van der Waals surface area contributed by atoms with Crippen LogP contribution >= 0.6 is 11.6 Å². The third-order valence-electron chi connectivity index (χ3n) is 3.34. The lowest BCUT2D eigenvalue weighted by atomic mass is 10.2. The molecule has 116 valence electrons. The fourth-order valence-corrected chi connectivity index (χ4v) is 2.63. The molecule has 0 atom stereocenters. The lowest BCUT2D eigenvalue weighted by Crippen LogP contribution is -2.39. The van der Waals surface area contributed by atoms with Gasteiger partial charge in [0, 0.05) is 26.2 Å². The summed E-state index contributed by atoms with van der Waals surface area (Å²) in [6.45, 7) is 8.69. The number of para-hydroxylation sites is 1. The molecule has 0 aromatic heterocycles. The van der Waals surface area contributed by atoms with Crippen LogP contribution in [-0.4, -0.2) is 42.8 Å². The van der Waals surface area contributed by atoms with Crippen LogP contribution < -0.4 is 4.90 Å². The van der Waals surface area contributed by atoms with Crippen molar-refractivity contribution in [1.29, 1.82) is 0 Å². The summed E-state index contributed by atoms with van der Waals surface area (Å²) in [7, 11) is 0.